The van der Waals surface area contributed by atoms with E-state index >= 15 is 0 Å². The van der Waals surface area contributed by atoms with Crippen molar-refractivity contribution >= 4 is 29.3 Å². The molecule has 1 aliphatic heterocycles. The molecule has 0 radical (unpaired) electrons. The summed E-state index contributed by atoms with van der Waals surface area (Å²) < 4.78 is 5.30. The van der Waals surface area contributed by atoms with Gasteiger partial charge in [0, 0.05) is 30.9 Å². The molecule has 1 aliphatic rings. The van der Waals surface area contributed by atoms with Gasteiger partial charge in [-0.05, 0) is 51.8 Å². The van der Waals surface area contributed by atoms with Crippen LogP contribution >= 0.6 is 23.2 Å². The number of amides is 1. The van der Waals surface area contributed by atoms with Gasteiger partial charge < -0.3 is 10.1 Å². The van der Waals surface area contributed by atoms with E-state index in [-0.39, 0.29) is 17.4 Å². The van der Waals surface area contributed by atoms with Gasteiger partial charge in [0.05, 0.1) is 0 Å². The number of hydrogen-bond acceptors (Lipinski definition) is 5. The van der Waals surface area contributed by atoms with E-state index in [4.69, 9.17) is 27.9 Å². The number of nitrogens with one attached hydrogen (secondary N) is 1. The van der Waals surface area contributed by atoms with Crippen molar-refractivity contribution in [2.75, 3.05) is 13.1 Å². The first-order valence-electron chi connectivity index (χ1n) is 7.62. The predicted octanol–water partition coefficient (Wildman–Crippen LogP) is 3.27. The van der Waals surface area contributed by atoms with E-state index in [1.165, 1.54) is 0 Å². The van der Waals surface area contributed by atoms with Crippen molar-refractivity contribution in [1.82, 2.24) is 20.2 Å². The van der Waals surface area contributed by atoms with E-state index in [1.54, 1.807) is 6.20 Å². The lowest BCUT2D eigenvalue weighted by Gasteiger charge is -2.33. The number of nitrogens with zero attached hydrogens (tertiary/aromatic N) is 3. The number of halogens is 2. The quantitative estimate of drug-likeness (QED) is 0.661. The van der Waals surface area contributed by atoms with Crippen molar-refractivity contribution in [3.05, 3.63) is 22.2 Å². The molecule has 23 heavy (non-hydrogen) atoms. The van der Waals surface area contributed by atoms with E-state index < -0.39 is 5.60 Å². The average Bonchev–Trinajstić information content (AvgIpc) is 2.40. The Kier molecular flexibility index (Phi) is 6.06. The Morgan fingerprint density at radius 2 is 2.22 bits per heavy atom. The third-order valence-corrected chi connectivity index (χ3v) is 3.91. The summed E-state index contributed by atoms with van der Waals surface area (Å²) in [6, 6.07) is 0.0607. The topological polar surface area (TPSA) is 67.3 Å². The number of ether oxygens (including phenoxy) is 1. The second-order valence-corrected chi connectivity index (χ2v) is 7.37. The Balaban J connectivity index is 1.89. The number of carbonyl (C=O) groups is 1. The van der Waals surface area contributed by atoms with E-state index in [2.05, 4.69) is 20.2 Å². The zero-order valence-corrected chi connectivity index (χ0v) is 15.1. The molecule has 6 nitrogen and oxygen atoms in total. The second kappa shape index (κ2) is 7.64. The Labute approximate surface area is 146 Å². The van der Waals surface area contributed by atoms with Crippen molar-refractivity contribution in [2.24, 2.45) is 0 Å². The van der Waals surface area contributed by atoms with Crippen LogP contribution in [0.15, 0.2) is 6.20 Å². The van der Waals surface area contributed by atoms with Gasteiger partial charge in [0.25, 0.3) is 0 Å². The highest BCUT2D eigenvalue weighted by atomic mass is 35.5. The summed E-state index contributed by atoms with van der Waals surface area (Å²) in [5, 5.41) is 3.44. The maximum atomic E-state index is 11.9. The van der Waals surface area contributed by atoms with Crippen molar-refractivity contribution in [3.63, 3.8) is 0 Å². The number of likely N-dealkylation sites (tertiary alicyclic amines) is 1. The van der Waals surface area contributed by atoms with Crippen LogP contribution in [-0.4, -0.2) is 45.7 Å². The fraction of sp³-hybridized carbons (Fsp3) is 0.667. The second-order valence-electron chi connectivity index (χ2n) is 6.68. The van der Waals surface area contributed by atoms with E-state index in [0.29, 0.717) is 11.7 Å². The van der Waals surface area contributed by atoms with E-state index in [1.807, 2.05) is 20.8 Å². The monoisotopic (exact) mass is 360 g/mol. The fourth-order valence-electron chi connectivity index (χ4n) is 2.50. The van der Waals surface area contributed by atoms with Crippen molar-refractivity contribution < 1.29 is 9.53 Å². The number of rotatable bonds is 3. The zero-order chi connectivity index (χ0) is 17.0. The molecule has 1 aromatic heterocycles. The van der Waals surface area contributed by atoms with Crippen LogP contribution in [-0.2, 0) is 11.3 Å². The van der Waals surface area contributed by atoms with Gasteiger partial charge in [-0.1, -0.05) is 11.6 Å². The Bertz CT molecular complexity index is 563. The van der Waals surface area contributed by atoms with Crippen molar-refractivity contribution in [3.8, 4) is 0 Å². The molecule has 2 heterocycles. The molecule has 0 spiro atoms. The summed E-state index contributed by atoms with van der Waals surface area (Å²) in [6.07, 6.45) is 3.19. The highest BCUT2D eigenvalue weighted by Crippen LogP contribution is 2.19. The molecule has 0 saturated carbocycles. The molecule has 128 valence electrons. The molecular formula is C15H22Cl2N4O2. The van der Waals surface area contributed by atoms with E-state index in [0.717, 1.165) is 31.5 Å². The highest BCUT2D eigenvalue weighted by molar-refractivity contribution is 6.32. The summed E-state index contributed by atoms with van der Waals surface area (Å²) in [4.78, 5) is 22.0. The van der Waals surface area contributed by atoms with Gasteiger partial charge in [-0.2, -0.15) is 0 Å². The maximum Gasteiger partial charge on any atom is 0.407 e. The minimum Gasteiger partial charge on any atom is -0.444 e. The van der Waals surface area contributed by atoms with Crippen LogP contribution in [0.1, 0.15) is 39.2 Å². The molecule has 1 fully saturated rings. The van der Waals surface area contributed by atoms with Crippen LogP contribution in [0.3, 0.4) is 0 Å². The van der Waals surface area contributed by atoms with Gasteiger partial charge in [0.15, 0.2) is 0 Å². The van der Waals surface area contributed by atoms with Gasteiger partial charge in [0.2, 0.25) is 5.28 Å². The summed E-state index contributed by atoms with van der Waals surface area (Å²) in [5.74, 6) is 0. The van der Waals surface area contributed by atoms with Gasteiger partial charge in [-0.3, -0.25) is 4.90 Å². The smallest absolute Gasteiger partial charge is 0.407 e. The normalized spacial score (nSPS) is 19.4. The first kappa shape index (κ1) is 18.2. The van der Waals surface area contributed by atoms with E-state index in [9.17, 15) is 4.79 Å². The Morgan fingerprint density at radius 3 is 2.87 bits per heavy atom. The maximum absolute atomic E-state index is 11.9. The highest BCUT2D eigenvalue weighted by Gasteiger charge is 2.24. The summed E-state index contributed by atoms with van der Waals surface area (Å²) in [7, 11) is 0. The van der Waals surface area contributed by atoms with Crippen molar-refractivity contribution in [1.29, 1.82) is 0 Å². The molecule has 2 rings (SSSR count). The predicted molar refractivity (Wildman–Crippen MR) is 89.7 cm³/mol. The molecular weight excluding hydrogens is 339 g/mol. The SMILES string of the molecule is CC(C)(C)OC(=O)NC1CCCN(Cc2cnc(Cl)nc2Cl)C1. The fourth-order valence-corrected chi connectivity index (χ4v) is 2.87. The Morgan fingerprint density at radius 1 is 1.48 bits per heavy atom. The van der Waals surface area contributed by atoms with Crippen molar-refractivity contribution in [2.45, 2.75) is 51.8 Å². The summed E-state index contributed by atoms with van der Waals surface area (Å²) in [5.41, 5.74) is 0.334. The van der Waals surface area contributed by atoms with Gasteiger partial charge >= 0.3 is 6.09 Å². The molecule has 1 saturated heterocycles. The Hall–Kier alpha value is -1.11. The minimum absolute atomic E-state index is 0.0607. The minimum atomic E-state index is -0.493. The van der Waals surface area contributed by atoms with Gasteiger partial charge in [0.1, 0.15) is 10.8 Å². The molecule has 0 aliphatic carbocycles. The average molecular weight is 361 g/mol. The zero-order valence-electron chi connectivity index (χ0n) is 13.6. The van der Waals surface area contributed by atoms with Gasteiger partial charge in [-0.15, -0.1) is 0 Å². The number of hydrogen-bond donors (Lipinski definition) is 1. The summed E-state index contributed by atoms with van der Waals surface area (Å²) in [6.45, 7) is 7.85. The van der Waals surface area contributed by atoms with Crippen LogP contribution in [0.2, 0.25) is 10.4 Å². The summed E-state index contributed by atoms with van der Waals surface area (Å²) >= 11 is 11.8. The van der Waals surface area contributed by atoms with Crippen LogP contribution in [0.25, 0.3) is 0 Å². The molecule has 1 atom stereocenters. The lowest BCUT2D eigenvalue weighted by atomic mass is 10.1. The van der Waals surface area contributed by atoms with Crippen LogP contribution < -0.4 is 5.32 Å². The molecule has 1 aromatic rings. The standard InChI is InChI=1S/C15H22Cl2N4O2/c1-15(2,3)23-14(22)19-11-5-4-6-21(9-11)8-10-7-18-13(17)20-12(10)16/h7,11H,4-6,8-9H2,1-3H3,(H,19,22). The first-order valence-corrected chi connectivity index (χ1v) is 8.37. The van der Waals surface area contributed by atoms with Crippen LogP contribution in [0, 0.1) is 0 Å². The third-order valence-electron chi connectivity index (χ3n) is 3.40. The molecule has 1 amide bonds. The number of alkyl carbamates (subject to hydrolysis) is 1. The van der Waals surface area contributed by atoms with Crippen LogP contribution in [0.4, 0.5) is 4.79 Å². The third kappa shape index (κ3) is 6.12. The lowest BCUT2D eigenvalue weighted by Crippen LogP contribution is -2.48. The molecule has 1 unspecified atom stereocenters. The number of aromatic nitrogens is 2. The molecule has 0 bridgehead atoms. The number of piperidine rings is 1. The number of carbonyl (C=O) groups excluding carboxylic acids is 1. The lowest BCUT2D eigenvalue weighted by molar-refractivity contribution is 0.0470. The molecule has 1 N–H and O–H groups in total. The first-order chi connectivity index (χ1) is 10.7. The van der Waals surface area contributed by atoms with Crippen LogP contribution in [0.5, 0.6) is 0 Å². The van der Waals surface area contributed by atoms with Gasteiger partial charge in [-0.25, -0.2) is 14.8 Å². The molecule has 8 heteroatoms. The molecule has 0 aromatic carbocycles. The largest absolute Gasteiger partial charge is 0.444 e.